The molecule has 0 fully saturated rings. The molecule has 1 N–H and O–H groups in total. The van der Waals surface area contributed by atoms with E-state index in [4.69, 9.17) is 4.42 Å². The summed E-state index contributed by atoms with van der Waals surface area (Å²) in [4.78, 5) is 31.8. The highest BCUT2D eigenvalue weighted by molar-refractivity contribution is 8.03. The molecule has 0 saturated carbocycles. The van der Waals surface area contributed by atoms with Crippen LogP contribution in [0.15, 0.2) is 63.3 Å². The molecule has 3 heterocycles. The van der Waals surface area contributed by atoms with Crippen LogP contribution in [0.5, 0.6) is 0 Å². The standard InChI is InChI=1S/C25H27N5O3S2/c1-4-17-12-26-23(27-13-17)30(14-20-21(33-16-28-20)18-8-6-5-7-9-18)11-10-19-15-34-24(29-19)35-25(2,3)22(31)32/h5-9,12-13,15-16H,4,10-11,14H2,1-3H3,(H,31,32). The lowest BCUT2D eigenvalue weighted by Gasteiger charge is -2.22. The van der Waals surface area contributed by atoms with E-state index in [0.29, 0.717) is 25.5 Å². The van der Waals surface area contributed by atoms with Crippen LogP contribution in [0, 0.1) is 0 Å². The molecule has 0 atom stereocenters. The van der Waals surface area contributed by atoms with E-state index in [1.165, 1.54) is 29.5 Å². The van der Waals surface area contributed by atoms with Crippen molar-refractivity contribution in [3.05, 3.63) is 71.5 Å². The van der Waals surface area contributed by atoms with Crippen LogP contribution in [0.3, 0.4) is 0 Å². The molecular weight excluding hydrogens is 482 g/mol. The Hall–Kier alpha value is -3.24. The summed E-state index contributed by atoms with van der Waals surface area (Å²) in [6, 6.07) is 9.89. The van der Waals surface area contributed by atoms with E-state index in [1.54, 1.807) is 13.8 Å². The van der Waals surface area contributed by atoms with Crippen LogP contribution in [0.25, 0.3) is 11.3 Å². The van der Waals surface area contributed by atoms with Crippen LogP contribution >= 0.6 is 23.1 Å². The molecule has 0 aliphatic heterocycles. The predicted molar refractivity (Wildman–Crippen MR) is 138 cm³/mol. The van der Waals surface area contributed by atoms with Gasteiger partial charge in [0.25, 0.3) is 0 Å². The summed E-state index contributed by atoms with van der Waals surface area (Å²) in [6.07, 6.45) is 6.68. The van der Waals surface area contributed by atoms with Gasteiger partial charge in [-0.05, 0) is 25.8 Å². The second-order valence-corrected chi connectivity index (χ2v) is 11.2. The number of benzene rings is 1. The van der Waals surface area contributed by atoms with Crippen LogP contribution < -0.4 is 4.90 Å². The first-order chi connectivity index (χ1) is 16.9. The minimum Gasteiger partial charge on any atom is -0.480 e. The molecule has 1 aromatic carbocycles. The van der Waals surface area contributed by atoms with E-state index in [-0.39, 0.29) is 0 Å². The molecule has 3 aromatic heterocycles. The molecule has 182 valence electrons. The van der Waals surface area contributed by atoms with Crippen LogP contribution in [0.1, 0.15) is 37.7 Å². The van der Waals surface area contributed by atoms with Crippen LogP contribution in [-0.4, -0.2) is 42.3 Å². The molecule has 0 saturated heterocycles. The third-order valence-corrected chi connectivity index (χ3v) is 7.60. The smallest absolute Gasteiger partial charge is 0.319 e. The summed E-state index contributed by atoms with van der Waals surface area (Å²) in [7, 11) is 0. The van der Waals surface area contributed by atoms with Crippen LogP contribution in [0.2, 0.25) is 0 Å². The zero-order chi connectivity index (χ0) is 24.8. The largest absolute Gasteiger partial charge is 0.480 e. The Morgan fingerprint density at radius 3 is 2.60 bits per heavy atom. The summed E-state index contributed by atoms with van der Waals surface area (Å²) in [6.45, 7) is 6.53. The quantitative estimate of drug-likeness (QED) is 0.268. The number of carboxylic acids is 1. The van der Waals surface area contributed by atoms with Crippen molar-refractivity contribution in [2.45, 2.75) is 49.2 Å². The fourth-order valence-corrected chi connectivity index (χ4v) is 5.52. The Kier molecular flexibility index (Phi) is 7.82. The lowest BCUT2D eigenvalue weighted by molar-refractivity contribution is -0.138. The molecule has 0 amide bonds. The van der Waals surface area contributed by atoms with Crippen molar-refractivity contribution in [2.24, 2.45) is 0 Å². The van der Waals surface area contributed by atoms with Gasteiger partial charge in [-0.3, -0.25) is 4.79 Å². The van der Waals surface area contributed by atoms with E-state index in [0.717, 1.165) is 39.0 Å². The second kappa shape index (κ2) is 11.0. The Morgan fingerprint density at radius 2 is 1.91 bits per heavy atom. The van der Waals surface area contributed by atoms with Crippen molar-refractivity contribution in [2.75, 3.05) is 11.4 Å². The summed E-state index contributed by atoms with van der Waals surface area (Å²) in [5.41, 5.74) is 3.74. The first-order valence-electron chi connectivity index (χ1n) is 11.3. The van der Waals surface area contributed by atoms with Gasteiger partial charge in [-0.2, -0.15) is 0 Å². The van der Waals surface area contributed by atoms with Crippen molar-refractivity contribution in [1.82, 2.24) is 19.9 Å². The molecule has 0 aliphatic rings. The lowest BCUT2D eigenvalue weighted by Crippen LogP contribution is -2.28. The average molecular weight is 510 g/mol. The highest BCUT2D eigenvalue weighted by atomic mass is 32.2. The number of hydrogen-bond acceptors (Lipinski definition) is 9. The molecule has 0 spiro atoms. The first-order valence-corrected chi connectivity index (χ1v) is 13.0. The van der Waals surface area contributed by atoms with Crippen LogP contribution in [-0.2, 0) is 24.2 Å². The SMILES string of the molecule is CCc1cnc(N(CCc2csc(SC(C)(C)C(=O)O)n2)Cc2ncoc2-c2ccccc2)nc1. The number of aryl methyl sites for hydroxylation is 1. The lowest BCUT2D eigenvalue weighted by atomic mass is 10.1. The number of nitrogens with zero attached hydrogens (tertiary/aromatic N) is 5. The Morgan fingerprint density at radius 1 is 1.17 bits per heavy atom. The number of aliphatic carboxylic acids is 1. The van der Waals surface area contributed by atoms with Crippen molar-refractivity contribution in [3.8, 4) is 11.3 Å². The number of oxazole rings is 1. The zero-order valence-corrected chi connectivity index (χ0v) is 21.5. The molecule has 4 aromatic rings. The van der Waals surface area contributed by atoms with Gasteiger partial charge in [0.2, 0.25) is 5.95 Å². The number of carbonyl (C=O) groups is 1. The van der Waals surface area contributed by atoms with Gasteiger partial charge >= 0.3 is 5.97 Å². The fourth-order valence-electron chi connectivity index (χ4n) is 3.29. The van der Waals surface area contributed by atoms with E-state index in [9.17, 15) is 9.90 Å². The van der Waals surface area contributed by atoms with Crippen molar-refractivity contribution >= 4 is 35.0 Å². The van der Waals surface area contributed by atoms with E-state index in [2.05, 4.69) is 31.8 Å². The van der Waals surface area contributed by atoms with Gasteiger partial charge < -0.3 is 14.4 Å². The predicted octanol–water partition coefficient (Wildman–Crippen LogP) is 5.36. The van der Waals surface area contributed by atoms with Gasteiger partial charge in [0, 0.05) is 36.3 Å². The number of rotatable bonds is 11. The zero-order valence-electron chi connectivity index (χ0n) is 19.8. The highest BCUT2D eigenvalue weighted by Crippen LogP contribution is 2.35. The normalized spacial score (nSPS) is 11.5. The monoisotopic (exact) mass is 509 g/mol. The minimum absolute atomic E-state index is 0.476. The van der Waals surface area contributed by atoms with Crippen molar-refractivity contribution in [1.29, 1.82) is 0 Å². The van der Waals surface area contributed by atoms with Crippen molar-refractivity contribution in [3.63, 3.8) is 0 Å². The molecular formula is C25H27N5O3S2. The molecule has 0 aliphatic carbocycles. The third-order valence-electron chi connectivity index (χ3n) is 5.43. The molecule has 35 heavy (non-hydrogen) atoms. The highest BCUT2D eigenvalue weighted by Gasteiger charge is 2.30. The van der Waals surface area contributed by atoms with E-state index in [1.807, 2.05) is 48.1 Å². The average Bonchev–Trinajstić information content (AvgIpc) is 3.51. The minimum atomic E-state index is -0.934. The number of aromatic nitrogens is 4. The topological polar surface area (TPSA) is 105 Å². The number of thiazole rings is 1. The van der Waals surface area contributed by atoms with Crippen LogP contribution in [0.4, 0.5) is 5.95 Å². The summed E-state index contributed by atoms with van der Waals surface area (Å²) < 4.78 is 5.52. The molecule has 8 nitrogen and oxygen atoms in total. The Balaban J connectivity index is 1.53. The molecule has 10 heteroatoms. The van der Waals surface area contributed by atoms with Gasteiger partial charge in [0.1, 0.15) is 10.4 Å². The van der Waals surface area contributed by atoms with Gasteiger partial charge in [-0.15, -0.1) is 11.3 Å². The second-order valence-electron chi connectivity index (χ2n) is 8.43. The summed E-state index contributed by atoms with van der Waals surface area (Å²) in [5.74, 6) is 0.477. The number of hydrogen-bond donors (Lipinski definition) is 1. The van der Waals surface area contributed by atoms with Gasteiger partial charge in [0.05, 0.1) is 12.2 Å². The van der Waals surface area contributed by atoms with Gasteiger partial charge in [-0.1, -0.05) is 49.0 Å². The van der Waals surface area contributed by atoms with Crippen molar-refractivity contribution < 1.29 is 14.3 Å². The summed E-state index contributed by atoms with van der Waals surface area (Å²) >= 11 is 2.72. The number of anilines is 1. The maximum Gasteiger partial charge on any atom is 0.319 e. The van der Waals surface area contributed by atoms with Gasteiger partial charge in [0.15, 0.2) is 16.5 Å². The van der Waals surface area contributed by atoms with E-state index < -0.39 is 10.7 Å². The third kappa shape index (κ3) is 6.26. The molecule has 4 rings (SSSR count). The Bertz CT molecular complexity index is 1260. The first kappa shape index (κ1) is 24.9. The number of carboxylic acid groups (broad SMARTS) is 1. The molecule has 0 bridgehead atoms. The van der Waals surface area contributed by atoms with E-state index >= 15 is 0 Å². The fraction of sp³-hybridized carbons (Fsp3) is 0.320. The maximum atomic E-state index is 11.5. The Labute approximate surface area is 212 Å². The molecule has 0 radical (unpaired) electrons. The molecule has 0 unspecified atom stereocenters. The number of thioether (sulfide) groups is 1. The maximum absolute atomic E-state index is 11.5. The van der Waals surface area contributed by atoms with Gasteiger partial charge in [-0.25, -0.2) is 19.9 Å². The summed E-state index contributed by atoms with van der Waals surface area (Å²) in [5, 5.41) is 11.4.